The standard InChI is InChI=1S/C15H14FNOS/c1-9-5-10(2)7-11(6-9)17-15(18)13-8-12(19)3-4-14(13)16/h3-8,19H,1-2H3,(H,17,18). The summed E-state index contributed by atoms with van der Waals surface area (Å²) in [6, 6.07) is 9.84. The number of rotatable bonds is 2. The summed E-state index contributed by atoms with van der Waals surface area (Å²) in [7, 11) is 0. The lowest BCUT2D eigenvalue weighted by Gasteiger charge is -2.08. The minimum atomic E-state index is -0.556. The second-order valence-electron chi connectivity index (χ2n) is 4.49. The molecule has 0 fully saturated rings. The van der Waals surface area contributed by atoms with Crippen LogP contribution in [0, 0.1) is 19.7 Å². The average Bonchev–Trinajstić information content (AvgIpc) is 2.30. The number of aryl methyl sites for hydroxylation is 2. The van der Waals surface area contributed by atoms with Gasteiger partial charge in [-0.15, -0.1) is 12.6 Å². The first-order chi connectivity index (χ1) is 8.95. The molecule has 2 rings (SSSR count). The van der Waals surface area contributed by atoms with Crippen LogP contribution in [-0.2, 0) is 0 Å². The maximum atomic E-state index is 13.6. The number of carbonyl (C=O) groups excluding carboxylic acids is 1. The van der Waals surface area contributed by atoms with Crippen molar-refractivity contribution in [3.8, 4) is 0 Å². The number of hydrogen-bond acceptors (Lipinski definition) is 2. The lowest BCUT2D eigenvalue weighted by atomic mass is 10.1. The van der Waals surface area contributed by atoms with E-state index in [-0.39, 0.29) is 5.56 Å². The predicted molar refractivity (Wildman–Crippen MR) is 77.5 cm³/mol. The van der Waals surface area contributed by atoms with Gasteiger partial charge >= 0.3 is 0 Å². The van der Waals surface area contributed by atoms with Crippen molar-refractivity contribution in [3.05, 3.63) is 58.9 Å². The normalized spacial score (nSPS) is 10.3. The Bertz CT molecular complexity index is 620. The van der Waals surface area contributed by atoms with Crippen molar-refractivity contribution in [3.63, 3.8) is 0 Å². The minimum Gasteiger partial charge on any atom is -0.322 e. The molecule has 19 heavy (non-hydrogen) atoms. The first kappa shape index (κ1) is 13.6. The molecule has 0 saturated heterocycles. The molecule has 98 valence electrons. The van der Waals surface area contributed by atoms with E-state index in [9.17, 15) is 9.18 Å². The minimum absolute atomic E-state index is 0.00772. The van der Waals surface area contributed by atoms with E-state index >= 15 is 0 Å². The van der Waals surface area contributed by atoms with E-state index in [0.29, 0.717) is 10.6 Å². The van der Waals surface area contributed by atoms with Gasteiger partial charge in [-0.05, 0) is 55.3 Å². The largest absolute Gasteiger partial charge is 0.322 e. The van der Waals surface area contributed by atoms with E-state index in [1.807, 2.05) is 32.0 Å². The number of benzene rings is 2. The highest BCUT2D eigenvalue weighted by molar-refractivity contribution is 7.80. The number of amides is 1. The fourth-order valence-electron chi connectivity index (χ4n) is 1.93. The number of hydrogen-bond donors (Lipinski definition) is 2. The smallest absolute Gasteiger partial charge is 0.258 e. The fourth-order valence-corrected chi connectivity index (χ4v) is 2.14. The average molecular weight is 275 g/mol. The number of thiol groups is 1. The Kier molecular flexibility index (Phi) is 3.90. The quantitative estimate of drug-likeness (QED) is 0.797. The number of carbonyl (C=O) groups is 1. The molecule has 2 nitrogen and oxygen atoms in total. The lowest BCUT2D eigenvalue weighted by Crippen LogP contribution is -2.14. The van der Waals surface area contributed by atoms with Crippen LogP contribution in [0.1, 0.15) is 21.5 Å². The molecule has 0 aliphatic carbocycles. The summed E-state index contributed by atoms with van der Waals surface area (Å²) in [5.74, 6) is -1.03. The zero-order valence-electron chi connectivity index (χ0n) is 10.7. The molecule has 2 aromatic carbocycles. The highest BCUT2D eigenvalue weighted by atomic mass is 32.1. The Morgan fingerprint density at radius 1 is 1.11 bits per heavy atom. The molecule has 1 amide bonds. The van der Waals surface area contributed by atoms with Crippen LogP contribution < -0.4 is 5.32 Å². The van der Waals surface area contributed by atoms with Gasteiger partial charge in [0.1, 0.15) is 5.82 Å². The van der Waals surface area contributed by atoms with Crippen LogP contribution in [0.2, 0.25) is 0 Å². The summed E-state index contributed by atoms with van der Waals surface area (Å²) in [4.78, 5) is 12.6. The molecule has 0 radical (unpaired) electrons. The Balaban J connectivity index is 2.28. The third-order valence-electron chi connectivity index (χ3n) is 2.67. The molecule has 4 heteroatoms. The van der Waals surface area contributed by atoms with Crippen LogP contribution in [0.25, 0.3) is 0 Å². The predicted octanol–water partition coefficient (Wildman–Crippen LogP) is 3.98. The molecule has 0 bridgehead atoms. The van der Waals surface area contributed by atoms with E-state index in [2.05, 4.69) is 17.9 Å². The van der Waals surface area contributed by atoms with Crippen LogP contribution in [0.3, 0.4) is 0 Å². The zero-order chi connectivity index (χ0) is 14.0. The van der Waals surface area contributed by atoms with Gasteiger partial charge < -0.3 is 5.32 Å². The van der Waals surface area contributed by atoms with E-state index in [4.69, 9.17) is 0 Å². The van der Waals surface area contributed by atoms with Crippen molar-refractivity contribution in [2.75, 3.05) is 5.32 Å². The van der Waals surface area contributed by atoms with Gasteiger partial charge in [0.2, 0.25) is 0 Å². The van der Waals surface area contributed by atoms with E-state index in [1.165, 1.54) is 18.2 Å². The van der Waals surface area contributed by atoms with Crippen molar-refractivity contribution in [1.29, 1.82) is 0 Å². The maximum Gasteiger partial charge on any atom is 0.258 e. The van der Waals surface area contributed by atoms with E-state index in [0.717, 1.165) is 11.1 Å². The summed E-state index contributed by atoms with van der Waals surface area (Å²) in [6.07, 6.45) is 0. The number of anilines is 1. The van der Waals surface area contributed by atoms with Gasteiger partial charge in [0, 0.05) is 10.6 Å². The highest BCUT2D eigenvalue weighted by Crippen LogP contribution is 2.18. The molecular formula is C15H14FNOS. The summed E-state index contributed by atoms with van der Waals surface area (Å²) >= 11 is 4.11. The maximum absolute atomic E-state index is 13.6. The molecule has 1 N–H and O–H groups in total. The van der Waals surface area contributed by atoms with Crippen molar-refractivity contribution in [2.45, 2.75) is 18.7 Å². The van der Waals surface area contributed by atoms with E-state index < -0.39 is 11.7 Å². The Morgan fingerprint density at radius 2 is 1.74 bits per heavy atom. The molecular weight excluding hydrogens is 261 g/mol. The molecule has 0 unspecified atom stereocenters. The van der Waals surface area contributed by atoms with Crippen molar-refractivity contribution >= 4 is 24.2 Å². The molecule has 0 aliphatic rings. The van der Waals surface area contributed by atoms with Gasteiger partial charge in [0.15, 0.2) is 0 Å². The third-order valence-corrected chi connectivity index (χ3v) is 2.95. The first-order valence-corrected chi connectivity index (χ1v) is 6.28. The van der Waals surface area contributed by atoms with Crippen LogP contribution in [0.15, 0.2) is 41.3 Å². The summed E-state index contributed by atoms with van der Waals surface area (Å²) in [6.45, 7) is 3.88. The molecule has 0 atom stereocenters. The zero-order valence-corrected chi connectivity index (χ0v) is 11.6. The second-order valence-corrected chi connectivity index (χ2v) is 5.01. The topological polar surface area (TPSA) is 29.1 Å². The Labute approximate surface area is 117 Å². The van der Waals surface area contributed by atoms with Gasteiger partial charge in [-0.1, -0.05) is 6.07 Å². The fraction of sp³-hybridized carbons (Fsp3) is 0.133. The highest BCUT2D eigenvalue weighted by Gasteiger charge is 2.12. The molecule has 0 saturated carbocycles. The molecule has 0 spiro atoms. The van der Waals surface area contributed by atoms with Crippen molar-refractivity contribution in [2.24, 2.45) is 0 Å². The lowest BCUT2D eigenvalue weighted by molar-refractivity contribution is 0.102. The monoisotopic (exact) mass is 275 g/mol. The molecule has 2 aromatic rings. The number of nitrogens with one attached hydrogen (secondary N) is 1. The van der Waals surface area contributed by atoms with Gasteiger partial charge in [-0.2, -0.15) is 0 Å². The second kappa shape index (κ2) is 5.45. The summed E-state index contributed by atoms with van der Waals surface area (Å²) in [5.41, 5.74) is 2.73. The third kappa shape index (κ3) is 3.35. The van der Waals surface area contributed by atoms with Crippen molar-refractivity contribution in [1.82, 2.24) is 0 Å². The molecule has 0 aliphatic heterocycles. The van der Waals surface area contributed by atoms with Crippen molar-refractivity contribution < 1.29 is 9.18 Å². The van der Waals surface area contributed by atoms with Crippen LogP contribution in [0.5, 0.6) is 0 Å². The van der Waals surface area contributed by atoms with Gasteiger partial charge in [-0.3, -0.25) is 4.79 Å². The van der Waals surface area contributed by atoms with E-state index in [1.54, 1.807) is 0 Å². The Morgan fingerprint density at radius 3 is 2.37 bits per heavy atom. The van der Waals surface area contributed by atoms with Gasteiger partial charge in [0.05, 0.1) is 5.56 Å². The van der Waals surface area contributed by atoms with Crippen LogP contribution in [-0.4, -0.2) is 5.91 Å². The Hall–Kier alpha value is -1.81. The summed E-state index contributed by atoms with van der Waals surface area (Å²) < 4.78 is 13.6. The van der Waals surface area contributed by atoms with Crippen LogP contribution >= 0.6 is 12.6 Å². The molecule has 0 heterocycles. The van der Waals surface area contributed by atoms with Gasteiger partial charge in [-0.25, -0.2) is 4.39 Å². The molecule has 0 aromatic heterocycles. The van der Waals surface area contributed by atoms with Gasteiger partial charge in [0.25, 0.3) is 5.91 Å². The summed E-state index contributed by atoms with van der Waals surface area (Å²) in [5, 5.41) is 2.70. The first-order valence-electron chi connectivity index (χ1n) is 5.84. The van der Waals surface area contributed by atoms with Crippen LogP contribution in [0.4, 0.5) is 10.1 Å². The SMILES string of the molecule is Cc1cc(C)cc(NC(=O)c2cc(S)ccc2F)c1. The number of halogens is 1.